The summed E-state index contributed by atoms with van der Waals surface area (Å²) in [5, 5.41) is 8.12. The van der Waals surface area contributed by atoms with Crippen molar-refractivity contribution in [2.45, 2.75) is 0 Å². The normalized spacial score (nSPS) is 7.86. The van der Waals surface area contributed by atoms with Crippen molar-refractivity contribution in [2.75, 3.05) is 0 Å². The van der Waals surface area contributed by atoms with E-state index in [-0.39, 0.29) is 0 Å². The summed E-state index contributed by atoms with van der Waals surface area (Å²) in [5.41, 5.74) is 0. The van der Waals surface area contributed by atoms with E-state index in [2.05, 4.69) is 4.98 Å². The second kappa shape index (κ2) is 1.43. The molecule has 34 valence electrons. The molecule has 0 saturated carbocycles. The molecule has 1 N–H and O–H groups in total. The van der Waals surface area contributed by atoms with Crippen LogP contribution in [0.25, 0.3) is 0 Å². The summed E-state index contributed by atoms with van der Waals surface area (Å²) < 4.78 is 1.38. The van der Waals surface area contributed by atoms with E-state index in [1.807, 2.05) is 6.19 Å². The third kappa shape index (κ3) is 0.578. The third-order valence-electron chi connectivity index (χ3n) is 0.660. The van der Waals surface area contributed by atoms with Crippen molar-refractivity contribution in [1.29, 1.82) is 5.26 Å². The van der Waals surface area contributed by atoms with Gasteiger partial charge in [-0.2, -0.15) is 4.57 Å². The van der Waals surface area contributed by atoms with Crippen LogP contribution < -0.4 is 4.57 Å². The van der Waals surface area contributed by atoms with E-state index in [0.717, 1.165) is 0 Å². The first-order chi connectivity index (χ1) is 3.43. The third-order valence-corrected chi connectivity index (χ3v) is 0.660. The molecule has 1 rings (SSSR count). The van der Waals surface area contributed by atoms with Crippen LogP contribution in [-0.2, 0) is 0 Å². The summed E-state index contributed by atoms with van der Waals surface area (Å²) in [7, 11) is 0. The summed E-state index contributed by atoms with van der Waals surface area (Å²) in [5.74, 6) is 0. The van der Waals surface area contributed by atoms with Gasteiger partial charge in [-0.1, -0.05) is 0 Å². The van der Waals surface area contributed by atoms with E-state index in [4.69, 9.17) is 5.26 Å². The summed E-state index contributed by atoms with van der Waals surface area (Å²) in [6, 6.07) is 0. The van der Waals surface area contributed by atoms with Crippen LogP contribution in [0.5, 0.6) is 0 Å². The molecule has 0 radical (unpaired) electrons. The van der Waals surface area contributed by atoms with Gasteiger partial charge in [0.05, 0.1) is 6.20 Å². The van der Waals surface area contributed by atoms with Gasteiger partial charge >= 0.3 is 6.19 Å². The maximum atomic E-state index is 8.12. The lowest BCUT2D eigenvalue weighted by Crippen LogP contribution is -2.22. The van der Waals surface area contributed by atoms with E-state index in [9.17, 15) is 0 Å². The summed E-state index contributed by atoms with van der Waals surface area (Å²) >= 11 is 0. The van der Waals surface area contributed by atoms with Crippen LogP contribution in [0.4, 0.5) is 0 Å². The predicted molar refractivity (Wildman–Crippen MR) is 22.0 cm³/mol. The standard InChI is InChI=1S/C4H3N3/c5-3-7-2-1-6-4-7/h1-2,4H/p+1. The van der Waals surface area contributed by atoms with Crippen molar-refractivity contribution in [3.63, 3.8) is 0 Å². The van der Waals surface area contributed by atoms with Crippen LogP contribution in [0.3, 0.4) is 0 Å². The molecule has 1 heterocycles. The maximum absolute atomic E-state index is 8.12. The van der Waals surface area contributed by atoms with Crippen LogP contribution in [0, 0.1) is 11.5 Å². The first-order valence-electron chi connectivity index (χ1n) is 1.87. The largest absolute Gasteiger partial charge is 0.375 e. The highest BCUT2D eigenvalue weighted by Crippen LogP contribution is 1.61. The Hall–Kier alpha value is -1.30. The second-order valence-electron chi connectivity index (χ2n) is 1.12. The van der Waals surface area contributed by atoms with Crippen LogP contribution in [0.15, 0.2) is 18.7 Å². The number of imidazole rings is 1. The topological polar surface area (TPSA) is 43.5 Å². The van der Waals surface area contributed by atoms with E-state index in [1.165, 1.54) is 4.57 Å². The molecule has 0 aliphatic heterocycles. The lowest BCUT2D eigenvalue weighted by atomic mass is 10.9. The van der Waals surface area contributed by atoms with Gasteiger partial charge in [-0.25, -0.2) is 0 Å². The molecular formula is C4H4N3+. The predicted octanol–water partition coefficient (Wildman–Crippen LogP) is -0.369. The van der Waals surface area contributed by atoms with E-state index < -0.39 is 0 Å². The van der Waals surface area contributed by atoms with Crippen LogP contribution in [0.1, 0.15) is 0 Å². The quantitative estimate of drug-likeness (QED) is 0.438. The fraction of sp³-hybridized carbons (Fsp3) is 0. The van der Waals surface area contributed by atoms with Gasteiger partial charge < -0.3 is 0 Å². The zero-order valence-electron chi connectivity index (χ0n) is 3.63. The van der Waals surface area contributed by atoms with Crippen LogP contribution in [-0.4, -0.2) is 4.98 Å². The molecule has 0 fully saturated rings. The van der Waals surface area contributed by atoms with E-state index in [0.29, 0.717) is 0 Å². The van der Waals surface area contributed by atoms with Gasteiger partial charge in [0.25, 0.3) is 0 Å². The summed E-state index contributed by atoms with van der Waals surface area (Å²) in [6.45, 7) is 0. The number of nitrogens with one attached hydrogen (secondary N) is 1. The molecule has 0 aliphatic carbocycles. The minimum atomic E-state index is 1.38. The molecule has 1 aromatic rings. The fourth-order valence-corrected chi connectivity index (χ4v) is 0.352. The number of nitriles is 1. The highest BCUT2D eigenvalue weighted by Gasteiger charge is 1.85. The number of aromatic nitrogens is 2. The molecule has 0 amide bonds. The zero-order valence-corrected chi connectivity index (χ0v) is 3.63. The Labute approximate surface area is 40.8 Å². The molecule has 0 unspecified atom stereocenters. The Balaban J connectivity index is 3.04. The highest BCUT2D eigenvalue weighted by molar-refractivity contribution is 4.60. The molecular weight excluding hydrogens is 90.1 g/mol. The minimum Gasteiger partial charge on any atom is -0.282 e. The molecule has 7 heavy (non-hydrogen) atoms. The number of hydrogen-bond donors (Lipinski definition) is 1. The average molecular weight is 94.1 g/mol. The van der Waals surface area contributed by atoms with Crippen molar-refractivity contribution in [2.24, 2.45) is 0 Å². The summed E-state index contributed by atoms with van der Waals surface area (Å²) in [6.07, 6.45) is 6.78. The number of H-pyrrole nitrogens is 1. The Morgan fingerprint density at radius 3 is 2.86 bits per heavy atom. The molecule has 0 bridgehead atoms. The van der Waals surface area contributed by atoms with Gasteiger partial charge in [0.2, 0.25) is 6.33 Å². The number of aromatic amines is 1. The van der Waals surface area contributed by atoms with Crippen molar-refractivity contribution < 1.29 is 4.57 Å². The molecule has 0 aromatic carbocycles. The first-order valence-corrected chi connectivity index (χ1v) is 1.87. The van der Waals surface area contributed by atoms with Crippen molar-refractivity contribution >= 4 is 0 Å². The van der Waals surface area contributed by atoms with Gasteiger partial charge in [0, 0.05) is 5.26 Å². The average Bonchev–Trinajstić information content (AvgIpc) is 2.14. The van der Waals surface area contributed by atoms with Gasteiger partial charge in [-0.3, -0.25) is 4.98 Å². The van der Waals surface area contributed by atoms with Crippen molar-refractivity contribution in [3.8, 4) is 6.19 Å². The SMILES string of the molecule is N#C[n+]1cc[nH]c1. The van der Waals surface area contributed by atoms with Gasteiger partial charge in [0.15, 0.2) is 0 Å². The lowest BCUT2D eigenvalue weighted by molar-refractivity contribution is -0.584. The number of rotatable bonds is 0. The Morgan fingerprint density at radius 2 is 2.57 bits per heavy atom. The first kappa shape index (κ1) is 3.88. The fourth-order valence-electron chi connectivity index (χ4n) is 0.352. The van der Waals surface area contributed by atoms with E-state index in [1.54, 1.807) is 18.7 Å². The second-order valence-corrected chi connectivity index (χ2v) is 1.12. The van der Waals surface area contributed by atoms with E-state index >= 15 is 0 Å². The molecule has 3 heteroatoms. The molecule has 0 spiro atoms. The van der Waals surface area contributed by atoms with Crippen LogP contribution >= 0.6 is 0 Å². The monoisotopic (exact) mass is 94.0 g/mol. The van der Waals surface area contributed by atoms with Crippen molar-refractivity contribution in [1.82, 2.24) is 4.98 Å². The number of hydrogen-bond acceptors (Lipinski definition) is 1. The molecule has 0 saturated heterocycles. The Bertz CT molecular complexity index is 169. The molecule has 0 aliphatic rings. The Kier molecular flexibility index (Phi) is 0.794. The van der Waals surface area contributed by atoms with Gasteiger partial charge in [-0.15, -0.1) is 0 Å². The Morgan fingerprint density at radius 1 is 1.71 bits per heavy atom. The minimum absolute atomic E-state index is 1.38. The smallest absolute Gasteiger partial charge is 0.282 e. The summed E-state index contributed by atoms with van der Waals surface area (Å²) in [4.78, 5) is 2.72. The molecule has 3 nitrogen and oxygen atoms in total. The highest BCUT2D eigenvalue weighted by atomic mass is 15.0. The number of nitrogens with zero attached hydrogens (tertiary/aromatic N) is 2. The zero-order chi connectivity index (χ0) is 5.11. The molecule has 0 atom stereocenters. The lowest BCUT2D eigenvalue weighted by Gasteiger charge is -1.61. The van der Waals surface area contributed by atoms with Crippen molar-refractivity contribution in [3.05, 3.63) is 18.7 Å². The van der Waals surface area contributed by atoms with Crippen LogP contribution in [0.2, 0.25) is 0 Å². The molecule has 1 aromatic heterocycles. The van der Waals surface area contributed by atoms with Gasteiger partial charge in [-0.05, 0) is 0 Å². The maximum Gasteiger partial charge on any atom is 0.375 e. The van der Waals surface area contributed by atoms with Gasteiger partial charge in [0.1, 0.15) is 6.20 Å².